The number of thiophene rings is 1. The van der Waals surface area contributed by atoms with Crippen molar-refractivity contribution < 1.29 is 0 Å². The van der Waals surface area contributed by atoms with Crippen LogP contribution in [0.1, 0.15) is 22.5 Å². The average molecular weight is 395 g/mol. The Kier molecular flexibility index (Phi) is 3.97. The Bertz CT molecular complexity index is 1430. The zero-order valence-electron chi connectivity index (χ0n) is 16.4. The molecular weight excluding hydrogens is 376 g/mol. The molecule has 0 aliphatic carbocycles. The molecule has 2 aromatic heterocycles. The minimum atomic E-state index is 0.176. The van der Waals surface area contributed by atoms with Crippen molar-refractivity contribution in [1.29, 1.82) is 5.26 Å². The Labute approximate surface area is 172 Å². The van der Waals surface area contributed by atoms with Crippen LogP contribution in [0.3, 0.4) is 0 Å². The van der Waals surface area contributed by atoms with Crippen molar-refractivity contribution in [2.75, 3.05) is 0 Å². The summed E-state index contributed by atoms with van der Waals surface area (Å²) in [7, 11) is 0. The van der Waals surface area contributed by atoms with Gasteiger partial charge in [0.05, 0.1) is 5.69 Å². The van der Waals surface area contributed by atoms with E-state index in [9.17, 15) is 5.26 Å². The Balaban J connectivity index is 1.78. The average Bonchev–Trinajstić information content (AvgIpc) is 3.28. The maximum absolute atomic E-state index is 9.45. The molecule has 0 N–H and O–H groups in total. The summed E-state index contributed by atoms with van der Waals surface area (Å²) < 4.78 is 4.33. The lowest BCUT2D eigenvalue weighted by Gasteiger charge is -2.13. The van der Waals surface area contributed by atoms with Crippen molar-refractivity contribution in [3.05, 3.63) is 77.1 Å². The van der Waals surface area contributed by atoms with E-state index < -0.39 is 0 Å². The van der Waals surface area contributed by atoms with Gasteiger partial charge in [-0.3, -0.25) is 0 Å². The van der Waals surface area contributed by atoms with Crippen LogP contribution in [0.2, 0.25) is 0 Å². The number of nitrogens with zero attached hydrogens (tertiary/aromatic N) is 4. The summed E-state index contributed by atoms with van der Waals surface area (Å²) in [6, 6.07) is 21.2. The number of hydrogen-bond donors (Lipinski definition) is 0. The standard InChI is InChI=1S/C24H18N4S/c1-14-10-15(2)23(16(3)11-14)28-24(26-22(13-25)27-28)17-8-9-21-19(12-17)18-6-4-5-7-20(18)29-21/h4-12H,1-3H3. The molecule has 0 amide bonds. The number of benzene rings is 3. The van der Waals surface area contributed by atoms with E-state index in [-0.39, 0.29) is 5.82 Å². The molecule has 0 aliphatic heterocycles. The number of rotatable bonds is 2. The van der Waals surface area contributed by atoms with Gasteiger partial charge < -0.3 is 0 Å². The molecule has 0 spiro atoms. The predicted octanol–water partition coefficient (Wildman–Crippen LogP) is 6.10. The summed E-state index contributed by atoms with van der Waals surface area (Å²) in [6.45, 7) is 6.23. The van der Waals surface area contributed by atoms with Crippen molar-refractivity contribution >= 4 is 31.5 Å². The van der Waals surface area contributed by atoms with Gasteiger partial charge in [-0.15, -0.1) is 16.4 Å². The summed E-state index contributed by atoms with van der Waals surface area (Å²) in [5, 5.41) is 16.4. The van der Waals surface area contributed by atoms with E-state index in [0.717, 1.165) is 22.4 Å². The van der Waals surface area contributed by atoms with Gasteiger partial charge in [-0.25, -0.2) is 4.68 Å². The smallest absolute Gasteiger partial charge is 0.211 e. The van der Waals surface area contributed by atoms with Crippen molar-refractivity contribution in [3.8, 4) is 23.1 Å². The number of hydrogen-bond acceptors (Lipinski definition) is 4. The first kappa shape index (κ1) is 17.6. The van der Waals surface area contributed by atoms with Crippen LogP contribution >= 0.6 is 11.3 Å². The van der Waals surface area contributed by atoms with E-state index in [0.29, 0.717) is 5.82 Å². The van der Waals surface area contributed by atoms with Gasteiger partial charge in [-0.1, -0.05) is 35.9 Å². The molecule has 5 heteroatoms. The fraction of sp³-hybridized carbons (Fsp3) is 0.125. The first-order chi connectivity index (χ1) is 14.0. The summed E-state index contributed by atoms with van der Waals surface area (Å²) in [5.74, 6) is 0.864. The fourth-order valence-corrected chi connectivity index (χ4v) is 5.16. The molecular formula is C24H18N4S. The van der Waals surface area contributed by atoms with Gasteiger partial charge in [-0.2, -0.15) is 10.2 Å². The molecule has 0 bridgehead atoms. The summed E-state index contributed by atoms with van der Waals surface area (Å²) >= 11 is 1.79. The largest absolute Gasteiger partial charge is 0.253 e. The Morgan fingerprint density at radius 3 is 2.38 bits per heavy atom. The molecule has 140 valence electrons. The van der Waals surface area contributed by atoms with Crippen LogP contribution < -0.4 is 0 Å². The molecule has 0 saturated carbocycles. The molecule has 0 fully saturated rings. The molecule has 5 aromatic rings. The van der Waals surface area contributed by atoms with Gasteiger partial charge in [-0.05, 0) is 56.2 Å². The highest BCUT2D eigenvalue weighted by atomic mass is 32.1. The maximum atomic E-state index is 9.45. The van der Waals surface area contributed by atoms with E-state index in [1.807, 2.05) is 4.68 Å². The van der Waals surface area contributed by atoms with Crippen LogP contribution in [0, 0.1) is 32.1 Å². The normalized spacial score (nSPS) is 11.2. The SMILES string of the molecule is Cc1cc(C)c(-n2nc(C#N)nc2-c2ccc3sc4ccccc4c3c2)c(C)c1. The fourth-order valence-electron chi connectivity index (χ4n) is 4.07. The zero-order valence-corrected chi connectivity index (χ0v) is 17.2. The van der Waals surface area contributed by atoms with Gasteiger partial charge >= 0.3 is 0 Å². The van der Waals surface area contributed by atoms with E-state index >= 15 is 0 Å². The highest BCUT2D eigenvalue weighted by molar-refractivity contribution is 7.25. The van der Waals surface area contributed by atoms with E-state index in [4.69, 9.17) is 0 Å². The highest BCUT2D eigenvalue weighted by Crippen LogP contribution is 2.36. The van der Waals surface area contributed by atoms with Gasteiger partial charge in [0.2, 0.25) is 0 Å². The maximum Gasteiger partial charge on any atom is 0.253 e. The van der Waals surface area contributed by atoms with E-state index in [2.05, 4.69) is 91.5 Å². The molecule has 3 aromatic carbocycles. The Morgan fingerprint density at radius 2 is 1.62 bits per heavy atom. The van der Waals surface area contributed by atoms with E-state index in [1.165, 1.54) is 25.7 Å². The molecule has 0 unspecified atom stereocenters. The number of aromatic nitrogens is 3. The summed E-state index contributed by atoms with van der Waals surface area (Å²) in [4.78, 5) is 4.55. The Morgan fingerprint density at radius 1 is 0.897 bits per heavy atom. The third kappa shape index (κ3) is 2.81. The summed E-state index contributed by atoms with van der Waals surface area (Å²) in [6.07, 6.45) is 0. The Hall–Kier alpha value is -3.49. The van der Waals surface area contributed by atoms with Crippen LogP contribution in [-0.2, 0) is 0 Å². The number of nitriles is 1. The van der Waals surface area contributed by atoms with Crippen LogP contribution in [0.15, 0.2) is 54.6 Å². The third-order valence-corrected chi connectivity index (χ3v) is 6.34. The lowest BCUT2D eigenvalue weighted by atomic mass is 10.0. The highest BCUT2D eigenvalue weighted by Gasteiger charge is 2.18. The minimum absolute atomic E-state index is 0.176. The first-order valence-corrected chi connectivity index (χ1v) is 10.2. The van der Waals surface area contributed by atoms with Crippen LogP contribution in [-0.4, -0.2) is 14.8 Å². The van der Waals surface area contributed by atoms with Crippen molar-refractivity contribution in [2.45, 2.75) is 20.8 Å². The molecule has 0 aliphatic rings. The summed E-state index contributed by atoms with van der Waals surface area (Å²) in [5.41, 5.74) is 5.36. The quantitative estimate of drug-likeness (QED) is 0.363. The second kappa shape index (κ2) is 6.54. The molecule has 29 heavy (non-hydrogen) atoms. The first-order valence-electron chi connectivity index (χ1n) is 9.42. The number of aryl methyl sites for hydroxylation is 3. The van der Waals surface area contributed by atoms with Crippen LogP contribution in [0.5, 0.6) is 0 Å². The van der Waals surface area contributed by atoms with Crippen molar-refractivity contribution in [3.63, 3.8) is 0 Å². The van der Waals surface area contributed by atoms with Crippen molar-refractivity contribution in [2.24, 2.45) is 0 Å². The monoisotopic (exact) mass is 394 g/mol. The molecule has 2 heterocycles. The van der Waals surface area contributed by atoms with Crippen molar-refractivity contribution in [1.82, 2.24) is 14.8 Å². The predicted molar refractivity (Wildman–Crippen MR) is 119 cm³/mol. The molecule has 0 saturated heterocycles. The lowest BCUT2D eigenvalue weighted by molar-refractivity contribution is 0.864. The topological polar surface area (TPSA) is 54.5 Å². The van der Waals surface area contributed by atoms with Gasteiger partial charge in [0.15, 0.2) is 5.82 Å². The van der Waals surface area contributed by atoms with Gasteiger partial charge in [0.25, 0.3) is 5.82 Å². The molecule has 0 atom stereocenters. The van der Waals surface area contributed by atoms with Gasteiger partial charge in [0.1, 0.15) is 6.07 Å². The molecule has 0 radical (unpaired) electrons. The lowest BCUT2D eigenvalue weighted by Crippen LogP contribution is -2.05. The molecule has 5 rings (SSSR count). The van der Waals surface area contributed by atoms with Crippen LogP contribution in [0.25, 0.3) is 37.2 Å². The third-order valence-electron chi connectivity index (χ3n) is 5.19. The van der Waals surface area contributed by atoms with Crippen LogP contribution in [0.4, 0.5) is 0 Å². The number of fused-ring (bicyclic) bond motifs is 3. The minimum Gasteiger partial charge on any atom is -0.211 e. The van der Waals surface area contributed by atoms with E-state index in [1.54, 1.807) is 11.3 Å². The second-order valence-electron chi connectivity index (χ2n) is 7.34. The second-order valence-corrected chi connectivity index (χ2v) is 8.42. The molecule has 4 nitrogen and oxygen atoms in total. The van der Waals surface area contributed by atoms with Gasteiger partial charge in [0, 0.05) is 25.7 Å². The zero-order chi connectivity index (χ0) is 20.1.